The van der Waals surface area contributed by atoms with Crippen molar-refractivity contribution in [3.8, 4) is 0 Å². The minimum Gasteiger partial charge on any atom is -0.206 e. The van der Waals surface area contributed by atoms with E-state index in [-0.39, 0.29) is 11.8 Å². The smallest absolute Gasteiger partial charge is 0.206 e. The first-order valence-corrected chi connectivity index (χ1v) is 4.09. The molecule has 0 radical (unpaired) electrons. The third-order valence-corrected chi connectivity index (χ3v) is 3.70. The third kappa shape index (κ3) is 0.388. The molecule has 0 heterocycles. The summed E-state index contributed by atoms with van der Waals surface area (Å²) in [5, 5.41) is 0. The molecule has 3 rings (SSSR count). The van der Waals surface area contributed by atoms with Gasteiger partial charge in [-0.3, -0.25) is 0 Å². The number of halogens is 2. The largest absolute Gasteiger partial charge is 0.255 e. The number of fused-ring (bicyclic) bond motifs is 5. The van der Waals surface area contributed by atoms with Gasteiger partial charge in [0, 0.05) is 11.8 Å². The zero-order valence-electron chi connectivity index (χ0n) is 5.69. The Kier molecular flexibility index (Phi) is 0.692. The maximum Gasteiger partial charge on any atom is 0.255 e. The Bertz CT molecular complexity index is 170. The molecule has 0 aromatic rings. The SMILES string of the molecule is FC1(F)[C@@H]2[C@H]3CC[C@H](C3)[C@@H]21. The Labute approximate surface area is 58.6 Å². The topological polar surface area (TPSA) is 0 Å². The Morgan fingerprint density at radius 2 is 1.50 bits per heavy atom. The maximum atomic E-state index is 12.8. The maximum absolute atomic E-state index is 12.8. The minimum atomic E-state index is -2.23. The normalized spacial score (nSPS) is 60.6. The van der Waals surface area contributed by atoms with E-state index in [0.717, 1.165) is 19.3 Å². The summed E-state index contributed by atoms with van der Waals surface area (Å²) in [4.78, 5) is 0. The standard InChI is InChI=1S/C8H10F2/c9-8(10)6-4-1-2-5(3-4)7(6)8/h4-7H,1-3H2/t4-,5+,6+,7-. The first-order valence-electron chi connectivity index (χ1n) is 4.09. The van der Waals surface area contributed by atoms with E-state index >= 15 is 0 Å². The van der Waals surface area contributed by atoms with Crippen molar-refractivity contribution in [1.29, 1.82) is 0 Å². The molecule has 0 spiro atoms. The van der Waals surface area contributed by atoms with E-state index in [1.807, 2.05) is 0 Å². The number of rotatable bonds is 0. The van der Waals surface area contributed by atoms with E-state index in [4.69, 9.17) is 0 Å². The molecule has 3 aliphatic rings. The lowest BCUT2D eigenvalue weighted by atomic mass is 10.0. The van der Waals surface area contributed by atoms with Crippen molar-refractivity contribution in [2.75, 3.05) is 0 Å². The second-order valence-corrected chi connectivity index (χ2v) is 4.06. The fraction of sp³-hybridized carbons (Fsp3) is 1.00. The summed E-state index contributed by atoms with van der Waals surface area (Å²) < 4.78 is 25.6. The third-order valence-electron chi connectivity index (χ3n) is 3.70. The summed E-state index contributed by atoms with van der Waals surface area (Å²) in [6.07, 6.45) is 3.29. The van der Waals surface area contributed by atoms with Gasteiger partial charge in [0.25, 0.3) is 5.92 Å². The molecule has 0 aromatic heterocycles. The molecule has 56 valence electrons. The van der Waals surface area contributed by atoms with Gasteiger partial charge in [-0.1, -0.05) is 0 Å². The van der Waals surface area contributed by atoms with Crippen LogP contribution < -0.4 is 0 Å². The molecule has 3 fully saturated rings. The second-order valence-electron chi connectivity index (χ2n) is 4.06. The van der Waals surface area contributed by atoms with Crippen molar-refractivity contribution in [2.24, 2.45) is 23.7 Å². The molecule has 2 bridgehead atoms. The molecule has 4 atom stereocenters. The van der Waals surface area contributed by atoms with Crippen LogP contribution in [0, 0.1) is 23.7 Å². The molecule has 10 heavy (non-hydrogen) atoms. The van der Waals surface area contributed by atoms with E-state index in [9.17, 15) is 8.78 Å². The van der Waals surface area contributed by atoms with E-state index < -0.39 is 5.92 Å². The van der Waals surface area contributed by atoms with Gasteiger partial charge in [-0.25, -0.2) is 8.78 Å². The monoisotopic (exact) mass is 144 g/mol. The lowest BCUT2D eigenvalue weighted by Gasteiger charge is -2.05. The Balaban J connectivity index is 1.97. The summed E-state index contributed by atoms with van der Waals surface area (Å²) in [6.45, 7) is 0. The predicted molar refractivity (Wildman–Crippen MR) is 32.8 cm³/mol. The van der Waals surface area contributed by atoms with Crippen molar-refractivity contribution in [3.63, 3.8) is 0 Å². The van der Waals surface area contributed by atoms with Gasteiger partial charge in [-0.05, 0) is 31.1 Å². The molecule has 0 nitrogen and oxygen atoms in total. The average molecular weight is 144 g/mol. The first-order chi connectivity index (χ1) is 4.71. The van der Waals surface area contributed by atoms with Gasteiger partial charge < -0.3 is 0 Å². The van der Waals surface area contributed by atoms with Crippen LogP contribution in [0.25, 0.3) is 0 Å². The highest BCUT2D eigenvalue weighted by molar-refractivity contribution is 5.18. The summed E-state index contributed by atoms with van der Waals surface area (Å²) in [6, 6.07) is 0. The van der Waals surface area contributed by atoms with Crippen molar-refractivity contribution < 1.29 is 8.78 Å². The number of hydrogen-bond donors (Lipinski definition) is 0. The highest BCUT2D eigenvalue weighted by Gasteiger charge is 2.77. The van der Waals surface area contributed by atoms with Crippen molar-refractivity contribution >= 4 is 0 Å². The molecule has 0 aliphatic heterocycles. The quantitative estimate of drug-likeness (QED) is 0.489. The van der Waals surface area contributed by atoms with Crippen LogP contribution in [0.5, 0.6) is 0 Å². The van der Waals surface area contributed by atoms with Gasteiger partial charge in [0.2, 0.25) is 0 Å². The predicted octanol–water partition coefficient (Wildman–Crippen LogP) is 2.30. The second kappa shape index (κ2) is 1.26. The highest BCUT2D eigenvalue weighted by atomic mass is 19.3. The minimum absolute atomic E-state index is 0.175. The van der Waals surface area contributed by atoms with Gasteiger partial charge in [0.15, 0.2) is 0 Å². The Morgan fingerprint density at radius 3 is 1.90 bits per heavy atom. The first kappa shape index (κ1) is 5.50. The van der Waals surface area contributed by atoms with E-state index in [0.29, 0.717) is 11.8 Å². The Hall–Kier alpha value is -0.140. The van der Waals surface area contributed by atoms with Crippen LogP contribution in [0.2, 0.25) is 0 Å². The number of alkyl halides is 2. The molecule has 0 aromatic carbocycles. The lowest BCUT2D eigenvalue weighted by Crippen LogP contribution is -2.07. The van der Waals surface area contributed by atoms with Crippen LogP contribution in [0.1, 0.15) is 19.3 Å². The molecular weight excluding hydrogens is 134 g/mol. The van der Waals surface area contributed by atoms with Crippen LogP contribution in [-0.4, -0.2) is 5.92 Å². The summed E-state index contributed by atoms with van der Waals surface area (Å²) in [5.41, 5.74) is 0. The molecule has 3 aliphatic carbocycles. The van der Waals surface area contributed by atoms with Crippen LogP contribution in [0.4, 0.5) is 8.78 Å². The number of hydrogen-bond acceptors (Lipinski definition) is 0. The van der Waals surface area contributed by atoms with Crippen LogP contribution in [0.3, 0.4) is 0 Å². The summed E-state index contributed by atoms with van der Waals surface area (Å²) in [7, 11) is 0. The van der Waals surface area contributed by atoms with Gasteiger partial charge >= 0.3 is 0 Å². The van der Waals surface area contributed by atoms with Crippen molar-refractivity contribution in [3.05, 3.63) is 0 Å². The van der Waals surface area contributed by atoms with Crippen LogP contribution >= 0.6 is 0 Å². The zero-order valence-corrected chi connectivity index (χ0v) is 5.69. The van der Waals surface area contributed by atoms with Gasteiger partial charge in [-0.15, -0.1) is 0 Å². The highest BCUT2D eigenvalue weighted by Crippen LogP contribution is 2.73. The summed E-state index contributed by atoms with van der Waals surface area (Å²) in [5.74, 6) is -1.77. The molecule has 0 saturated heterocycles. The Morgan fingerprint density at radius 1 is 1.00 bits per heavy atom. The fourth-order valence-electron chi connectivity index (χ4n) is 3.30. The molecule has 0 amide bonds. The van der Waals surface area contributed by atoms with Gasteiger partial charge in [0.05, 0.1) is 0 Å². The molecule has 0 unspecified atom stereocenters. The van der Waals surface area contributed by atoms with Crippen molar-refractivity contribution in [1.82, 2.24) is 0 Å². The fourth-order valence-corrected chi connectivity index (χ4v) is 3.30. The zero-order chi connectivity index (χ0) is 6.93. The molecule has 2 heteroatoms. The average Bonchev–Trinajstić information content (AvgIpc) is 2.37. The van der Waals surface area contributed by atoms with E-state index in [1.165, 1.54) is 0 Å². The molecule has 3 saturated carbocycles. The van der Waals surface area contributed by atoms with Crippen LogP contribution in [-0.2, 0) is 0 Å². The van der Waals surface area contributed by atoms with Gasteiger partial charge in [0.1, 0.15) is 0 Å². The van der Waals surface area contributed by atoms with E-state index in [2.05, 4.69) is 0 Å². The van der Waals surface area contributed by atoms with Gasteiger partial charge in [-0.2, -0.15) is 0 Å². The lowest BCUT2D eigenvalue weighted by molar-refractivity contribution is 0.0578. The summed E-state index contributed by atoms with van der Waals surface area (Å²) >= 11 is 0. The van der Waals surface area contributed by atoms with Crippen molar-refractivity contribution in [2.45, 2.75) is 25.2 Å². The van der Waals surface area contributed by atoms with E-state index in [1.54, 1.807) is 0 Å². The molecular formula is C8H10F2. The van der Waals surface area contributed by atoms with Crippen LogP contribution in [0.15, 0.2) is 0 Å². The molecule has 0 N–H and O–H groups in total.